The van der Waals surface area contributed by atoms with Gasteiger partial charge in [0.2, 0.25) is 0 Å². The van der Waals surface area contributed by atoms with Crippen molar-refractivity contribution in [1.29, 1.82) is 0 Å². The number of anilines is 2. The van der Waals surface area contributed by atoms with Crippen LogP contribution in [0.3, 0.4) is 0 Å². The number of nitrogens with one attached hydrogen (secondary N) is 1. The monoisotopic (exact) mass is 537 g/mol. The van der Waals surface area contributed by atoms with E-state index in [1.165, 1.54) is 6.07 Å². The SMILES string of the molecule is CC(C)n1ncc2c(N3C[C@H](N)C4(CC4)C3)c(NC(=O)c3ccc(=O)n(-c4c(F)cccc4F)n3)cc(F)c21. The Kier molecular flexibility index (Phi) is 5.75. The molecule has 9 nitrogen and oxygen atoms in total. The highest BCUT2D eigenvalue weighted by Crippen LogP contribution is 2.54. The zero-order chi connectivity index (χ0) is 27.6. The Morgan fingerprint density at radius 1 is 1.10 bits per heavy atom. The lowest BCUT2D eigenvalue weighted by Gasteiger charge is -2.24. The summed E-state index contributed by atoms with van der Waals surface area (Å²) in [5.74, 6) is -3.40. The number of nitrogens with two attached hydrogens (primary N) is 1. The molecule has 0 unspecified atom stereocenters. The number of fused-ring (bicyclic) bond motifs is 1. The third-order valence-electron chi connectivity index (χ3n) is 7.64. The van der Waals surface area contributed by atoms with Crippen LogP contribution < -0.4 is 21.5 Å². The standard InChI is InChI=1S/C27H26F3N7O2/c1-14(2)36-23-15(11-32-36)24(35-12-21(31)27(13-35)8-9-27)20(10-18(23)30)33-26(39)19-6-7-22(38)37(34-19)25-16(28)4-3-5-17(25)29/h3-7,10-11,14,21H,8-9,12-13,31H2,1-2H3,(H,33,39)/t21-/m0/s1. The molecule has 3 heterocycles. The zero-order valence-electron chi connectivity index (χ0n) is 21.3. The van der Waals surface area contributed by atoms with E-state index in [4.69, 9.17) is 5.73 Å². The Bertz CT molecular complexity index is 1670. The molecule has 12 heteroatoms. The lowest BCUT2D eigenvalue weighted by molar-refractivity contribution is 0.102. The summed E-state index contributed by atoms with van der Waals surface area (Å²) in [6, 6.07) is 6.30. The van der Waals surface area contributed by atoms with Gasteiger partial charge in [0, 0.05) is 48.1 Å². The molecule has 1 amide bonds. The topological polar surface area (TPSA) is 111 Å². The largest absolute Gasteiger partial charge is 0.367 e. The lowest BCUT2D eigenvalue weighted by atomic mass is 10.0. The summed E-state index contributed by atoms with van der Waals surface area (Å²) in [6.07, 6.45) is 3.58. The van der Waals surface area contributed by atoms with Crippen molar-refractivity contribution in [2.75, 3.05) is 23.3 Å². The minimum atomic E-state index is -1.02. The number of halogens is 3. The minimum Gasteiger partial charge on any atom is -0.367 e. The molecule has 1 spiro atoms. The highest BCUT2D eigenvalue weighted by atomic mass is 19.1. The van der Waals surface area contributed by atoms with Crippen LogP contribution in [0.5, 0.6) is 0 Å². The smallest absolute Gasteiger partial charge is 0.276 e. The van der Waals surface area contributed by atoms with E-state index in [0.717, 1.165) is 43.2 Å². The fraction of sp³-hybridized carbons (Fsp3) is 0.333. The van der Waals surface area contributed by atoms with E-state index in [-0.39, 0.29) is 28.9 Å². The maximum atomic E-state index is 15.5. The molecular formula is C27H26F3N7O2. The van der Waals surface area contributed by atoms with Crippen LogP contribution in [-0.4, -0.2) is 44.6 Å². The fourth-order valence-corrected chi connectivity index (χ4v) is 5.43. The van der Waals surface area contributed by atoms with Gasteiger partial charge in [-0.25, -0.2) is 13.2 Å². The van der Waals surface area contributed by atoms with Crippen molar-refractivity contribution < 1.29 is 18.0 Å². The Morgan fingerprint density at radius 3 is 2.46 bits per heavy atom. The van der Waals surface area contributed by atoms with Crippen molar-refractivity contribution >= 4 is 28.2 Å². The average molecular weight is 538 g/mol. The summed E-state index contributed by atoms with van der Waals surface area (Å²) in [4.78, 5) is 27.8. The summed E-state index contributed by atoms with van der Waals surface area (Å²) in [5.41, 5.74) is 5.70. The van der Waals surface area contributed by atoms with Crippen molar-refractivity contribution in [2.24, 2.45) is 11.1 Å². The first kappa shape index (κ1) is 25.1. The highest BCUT2D eigenvalue weighted by molar-refractivity contribution is 6.09. The molecule has 2 aromatic carbocycles. The van der Waals surface area contributed by atoms with Crippen LogP contribution in [0.2, 0.25) is 0 Å². The van der Waals surface area contributed by atoms with Gasteiger partial charge in [-0.05, 0) is 44.9 Å². The molecule has 3 N–H and O–H groups in total. The Hall–Kier alpha value is -4.19. The van der Waals surface area contributed by atoms with Gasteiger partial charge in [0.05, 0.1) is 17.6 Å². The van der Waals surface area contributed by atoms with Gasteiger partial charge < -0.3 is 16.0 Å². The summed E-state index contributed by atoms with van der Waals surface area (Å²) in [5, 5.41) is 11.5. The molecule has 1 saturated carbocycles. The van der Waals surface area contributed by atoms with Gasteiger partial charge in [0.1, 0.15) is 16.9 Å². The van der Waals surface area contributed by atoms with Crippen LogP contribution in [0.4, 0.5) is 24.5 Å². The molecule has 39 heavy (non-hydrogen) atoms. The van der Waals surface area contributed by atoms with Gasteiger partial charge in [0.15, 0.2) is 17.5 Å². The van der Waals surface area contributed by atoms with Gasteiger partial charge in [0.25, 0.3) is 11.5 Å². The molecule has 2 aromatic heterocycles. The number of nitrogens with zero attached hydrogens (tertiary/aromatic N) is 5. The zero-order valence-corrected chi connectivity index (χ0v) is 21.3. The first-order valence-electron chi connectivity index (χ1n) is 12.7. The van der Waals surface area contributed by atoms with E-state index < -0.39 is 34.6 Å². The molecule has 6 rings (SSSR count). The number of para-hydroxylation sites is 1. The molecule has 0 bridgehead atoms. The van der Waals surface area contributed by atoms with E-state index in [9.17, 15) is 18.4 Å². The second-order valence-electron chi connectivity index (χ2n) is 10.5. The third-order valence-corrected chi connectivity index (χ3v) is 7.64. The van der Waals surface area contributed by atoms with Crippen LogP contribution in [0.25, 0.3) is 16.6 Å². The van der Waals surface area contributed by atoms with Crippen LogP contribution in [-0.2, 0) is 0 Å². The van der Waals surface area contributed by atoms with Gasteiger partial charge in [-0.2, -0.15) is 14.9 Å². The second kappa shape index (κ2) is 8.94. The maximum Gasteiger partial charge on any atom is 0.276 e. The fourth-order valence-electron chi connectivity index (χ4n) is 5.43. The van der Waals surface area contributed by atoms with Crippen molar-refractivity contribution in [3.63, 3.8) is 0 Å². The Labute approximate surface area is 221 Å². The number of rotatable bonds is 5. The predicted molar refractivity (Wildman–Crippen MR) is 140 cm³/mol. The van der Waals surface area contributed by atoms with Crippen LogP contribution in [0.15, 0.2) is 47.4 Å². The summed E-state index contributed by atoms with van der Waals surface area (Å²) >= 11 is 0. The number of carbonyl (C=O) groups excluding carboxylic acids is 1. The molecule has 2 aliphatic rings. The normalized spacial score (nSPS) is 17.9. The van der Waals surface area contributed by atoms with E-state index in [1.54, 1.807) is 10.9 Å². The number of aromatic nitrogens is 4. The Morgan fingerprint density at radius 2 is 1.82 bits per heavy atom. The number of hydrogen-bond acceptors (Lipinski definition) is 6. The third kappa shape index (κ3) is 4.06. The second-order valence-corrected chi connectivity index (χ2v) is 10.5. The molecule has 2 fully saturated rings. The van der Waals surface area contributed by atoms with Crippen molar-refractivity contribution in [3.8, 4) is 5.69 Å². The lowest BCUT2D eigenvalue weighted by Crippen LogP contribution is -2.30. The Balaban J connectivity index is 1.43. The molecule has 1 aliphatic carbocycles. The molecule has 4 aromatic rings. The van der Waals surface area contributed by atoms with E-state index in [2.05, 4.69) is 15.5 Å². The van der Waals surface area contributed by atoms with Crippen molar-refractivity contribution in [2.45, 2.75) is 38.8 Å². The summed E-state index contributed by atoms with van der Waals surface area (Å²) in [6.45, 7) is 4.96. The number of benzene rings is 2. The molecule has 202 valence electrons. The van der Waals surface area contributed by atoms with Crippen LogP contribution in [0, 0.1) is 22.9 Å². The van der Waals surface area contributed by atoms with E-state index in [0.29, 0.717) is 34.4 Å². The van der Waals surface area contributed by atoms with Gasteiger partial charge >= 0.3 is 0 Å². The number of amides is 1. The summed E-state index contributed by atoms with van der Waals surface area (Å²) in [7, 11) is 0. The minimum absolute atomic E-state index is 0.00306. The van der Waals surface area contributed by atoms with E-state index in [1.807, 2.05) is 18.7 Å². The van der Waals surface area contributed by atoms with Crippen molar-refractivity contribution in [3.05, 3.63) is 76.1 Å². The highest BCUT2D eigenvalue weighted by Gasteiger charge is 2.54. The summed E-state index contributed by atoms with van der Waals surface area (Å²) < 4.78 is 46.3. The molecule has 1 atom stereocenters. The van der Waals surface area contributed by atoms with Crippen LogP contribution in [0.1, 0.15) is 43.2 Å². The van der Waals surface area contributed by atoms with E-state index >= 15 is 4.39 Å². The molecule has 1 saturated heterocycles. The molecule has 0 radical (unpaired) electrons. The maximum absolute atomic E-state index is 15.5. The van der Waals surface area contributed by atoms with Crippen LogP contribution >= 0.6 is 0 Å². The quantitative estimate of drug-likeness (QED) is 0.401. The van der Waals surface area contributed by atoms with Gasteiger partial charge in [-0.3, -0.25) is 14.3 Å². The predicted octanol–water partition coefficient (Wildman–Crippen LogP) is 3.76. The molecule has 1 aliphatic heterocycles. The first-order chi connectivity index (χ1) is 18.6. The average Bonchev–Trinajstić information content (AvgIpc) is 3.40. The van der Waals surface area contributed by atoms with Crippen molar-refractivity contribution in [1.82, 2.24) is 19.6 Å². The number of carbonyl (C=O) groups is 1. The number of hydrogen-bond donors (Lipinski definition) is 2. The molecular weight excluding hydrogens is 511 g/mol. The van der Waals surface area contributed by atoms with Gasteiger partial charge in [-0.15, -0.1) is 0 Å². The first-order valence-corrected chi connectivity index (χ1v) is 12.7. The van der Waals surface area contributed by atoms with Gasteiger partial charge in [-0.1, -0.05) is 6.07 Å².